The largest absolute Gasteiger partial charge is 0.489 e. The third-order valence-corrected chi connectivity index (χ3v) is 4.49. The first-order valence-corrected chi connectivity index (χ1v) is 9.37. The van der Waals surface area contributed by atoms with Crippen LogP contribution < -0.4 is 15.4 Å². The number of halogens is 2. The highest BCUT2D eigenvalue weighted by molar-refractivity contribution is 14.0. The molecule has 2 N–H and O–H groups in total. The van der Waals surface area contributed by atoms with Crippen molar-refractivity contribution < 1.29 is 13.5 Å². The fourth-order valence-electron chi connectivity index (χ4n) is 2.35. The highest BCUT2D eigenvalue weighted by Crippen LogP contribution is 2.23. The second-order valence-electron chi connectivity index (χ2n) is 5.81. The van der Waals surface area contributed by atoms with Gasteiger partial charge in [-0.05, 0) is 30.5 Å². The van der Waals surface area contributed by atoms with Crippen molar-refractivity contribution in [1.29, 1.82) is 0 Å². The molecule has 1 atom stereocenters. The summed E-state index contributed by atoms with van der Waals surface area (Å²) in [7, 11) is 1.69. The van der Waals surface area contributed by atoms with Gasteiger partial charge in [-0.2, -0.15) is 0 Å². The number of rotatable bonds is 7. The van der Waals surface area contributed by atoms with Gasteiger partial charge in [0.2, 0.25) is 5.89 Å². The van der Waals surface area contributed by atoms with E-state index in [9.17, 15) is 4.39 Å². The summed E-state index contributed by atoms with van der Waals surface area (Å²) in [5.74, 6) is 1.41. The summed E-state index contributed by atoms with van der Waals surface area (Å²) in [5.41, 5.74) is 0.783. The fraction of sp³-hybridized carbons (Fsp3) is 0.263. The van der Waals surface area contributed by atoms with Crippen LogP contribution in [0.2, 0.25) is 0 Å². The molecular weight excluding hydrogens is 494 g/mol. The Morgan fingerprint density at radius 3 is 2.89 bits per heavy atom. The lowest BCUT2D eigenvalue weighted by molar-refractivity contribution is 0.223. The van der Waals surface area contributed by atoms with E-state index in [0.29, 0.717) is 30.7 Å². The molecule has 0 saturated heterocycles. The van der Waals surface area contributed by atoms with Gasteiger partial charge in [-0.15, -0.1) is 35.3 Å². The van der Waals surface area contributed by atoms with Crippen molar-refractivity contribution in [2.24, 2.45) is 4.99 Å². The number of hydrogen-bond donors (Lipinski definition) is 2. The van der Waals surface area contributed by atoms with Gasteiger partial charge in [0.05, 0.1) is 23.7 Å². The minimum absolute atomic E-state index is 0. The van der Waals surface area contributed by atoms with E-state index >= 15 is 0 Å². The van der Waals surface area contributed by atoms with Crippen molar-refractivity contribution in [1.82, 2.24) is 15.6 Å². The maximum atomic E-state index is 13.2. The molecule has 6 nitrogen and oxygen atoms in total. The maximum absolute atomic E-state index is 13.2. The smallest absolute Gasteiger partial charge is 0.236 e. The van der Waals surface area contributed by atoms with E-state index in [2.05, 4.69) is 20.6 Å². The molecule has 3 aromatic rings. The van der Waals surface area contributed by atoms with Crippen molar-refractivity contribution in [3.8, 4) is 16.5 Å². The molecule has 0 bridgehead atoms. The summed E-state index contributed by atoms with van der Waals surface area (Å²) in [4.78, 5) is 9.62. The number of oxazole rings is 1. The number of aliphatic imine (C=N–C) groups is 1. The molecule has 0 aliphatic carbocycles. The van der Waals surface area contributed by atoms with Gasteiger partial charge in [0.15, 0.2) is 5.96 Å². The van der Waals surface area contributed by atoms with Gasteiger partial charge < -0.3 is 19.8 Å². The van der Waals surface area contributed by atoms with Crippen molar-refractivity contribution in [2.45, 2.75) is 19.6 Å². The topological polar surface area (TPSA) is 71.7 Å². The number of nitrogens with zero attached hydrogens (tertiary/aromatic N) is 2. The Kier molecular flexibility index (Phi) is 8.71. The second kappa shape index (κ2) is 11.0. The summed E-state index contributed by atoms with van der Waals surface area (Å²) >= 11 is 1.58. The first kappa shape index (κ1) is 22.2. The van der Waals surface area contributed by atoms with Crippen LogP contribution in [0.5, 0.6) is 5.75 Å². The Balaban J connectivity index is 0.00000280. The predicted molar refractivity (Wildman–Crippen MR) is 120 cm³/mol. The molecule has 0 spiro atoms. The predicted octanol–water partition coefficient (Wildman–Crippen LogP) is 4.29. The van der Waals surface area contributed by atoms with Crippen molar-refractivity contribution >= 4 is 41.3 Å². The lowest BCUT2D eigenvalue weighted by Crippen LogP contribution is -2.41. The van der Waals surface area contributed by atoms with Crippen LogP contribution in [-0.2, 0) is 6.54 Å². The fourth-order valence-corrected chi connectivity index (χ4v) is 3.01. The highest BCUT2D eigenvalue weighted by atomic mass is 127. The maximum Gasteiger partial charge on any atom is 0.236 e. The van der Waals surface area contributed by atoms with Gasteiger partial charge in [-0.1, -0.05) is 12.1 Å². The Labute approximate surface area is 184 Å². The monoisotopic (exact) mass is 516 g/mol. The number of hydrogen-bond acceptors (Lipinski definition) is 5. The van der Waals surface area contributed by atoms with E-state index in [1.807, 2.05) is 24.4 Å². The number of nitrogens with one attached hydrogen (secondary N) is 2. The zero-order valence-corrected chi connectivity index (χ0v) is 18.7. The molecule has 2 aromatic heterocycles. The second-order valence-corrected chi connectivity index (χ2v) is 6.76. The Hall–Kier alpha value is -2.14. The van der Waals surface area contributed by atoms with E-state index in [1.54, 1.807) is 36.8 Å². The molecule has 2 heterocycles. The summed E-state index contributed by atoms with van der Waals surface area (Å²) in [6, 6.07) is 10.0. The Bertz CT molecular complexity index is 886. The summed E-state index contributed by atoms with van der Waals surface area (Å²) in [6.07, 6.45) is 1.47. The minimum Gasteiger partial charge on any atom is -0.489 e. The lowest BCUT2D eigenvalue weighted by atomic mass is 10.3. The molecule has 1 unspecified atom stereocenters. The first-order chi connectivity index (χ1) is 13.1. The highest BCUT2D eigenvalue weighted by Gasteiger charge is 2.09. The van der Waals surface area contributed by atoms with Crippen LogP contribution >= 0.6 is 35.3 Å². The quantitative estimate of drug-likeness (QED) is 0.279. The zero-order chi connectivity index (χ0) is 19.1. The number of benzene rings is 1. The van der Waals surface area contributed by atoms with E-state index < -0.39 is 0 Å². The van der Waals surface area contributed by atoms with Gasteiger partial charge in [0, 0.05) is 13.1 Å². The molecule has 0 aliphatic heterocycles. The third kappa shape index (κ3) is 6.48. The van der Waals surface area contributed by atoms with Gasteiger partial charge in [-0.25, -0.2) is 9.37 Å². The minimum atomic E-state index is -0.320. The molecule has 0 saturated carbocycles. The lowest BCUT2D eigenvalue weighted by Gasteiger charge is -2.17. The normalized spacial score (nSPS) is 12.2. The van der Waals surface area contributed by atoms with Crippen LogP contribution in [0, 0.1) is 5.82 Å². The van der Waals surface area contributed by atoms with Crippen molar-refractivity contribution in [3.05, 3.63) is 59.6 Å². The molecule has 1 aromatic carbocycles. The molecular formula is C19H22FIN4O2S. The molecule has 150 valence electrons. The molecule has 0 radical (unpaired) electrons. The van der Waals surface area contributed by atoms with Crippen LogP contribution in [-0.4, -0.2) is 30.6 Å². The molecule has 0 fully saturated rings. The molecule has 0 amide bonds. The summed E-state index contributed by atoms with van der Waals surface area (Å²) in [5, 5.41) is 8.33. The number of guanidine groups is 1. The van der Waals surface area contributed by atoms with Gasteiger partial charge in [-0.3, -0.25) is 4.99 Å². The van der Waals surface area contributed by atoms with Crippen molar-refractivity contribution in [2.75, 3.05) is 13.6 Å². The van der Waals surface area contributed by atoms with Crippen molar-refractivity contribution in [3.63, 3.8) is 0 Å². The van der Waals surface area contributed by atoms with Crippen LogP contribution in [0.1, 0.15) is 12.6 Å². The number of aromatic nitrogens is 1. The zero-order valence-electron chi connectivity index (χ0n) is 15.5. The van der Waals surface area contributed by atoms with E-state index in [0.717, 1.165) is 10.6 Å². The number of thiophene rings is 1. The molecule has 3 rings (SSSR count). The summed E-state index contributed by atoms with van der Waals surface area (Å²) in [6.45, 7) is 2.89. The summed E-state index contributed by atoms with van der Waals surface area (Å²) < 4.78 is 24.4. The van der Waals surface area contributed by atoms with Crippen LogP contribution in [0.4, 0.5) is 4.39 Å². The third-order valence-electron chi connectivity index (χ3n) is 3.63. The van der Waals surface area contributed by atoms with Crippen LogP contribution in [0.3, 0.4) is 0 Å². The average Bonchev–Trinajstić information content (AvgIpc) is 3.33. The average molecular weight is 516 g/mol. The Morgan fingerprint density at radius 1 is 1.32 bits per heavy atom. The van der Waals surface area contributed by atoms with Gasteiger partial charge >= 0.3 is 0 Å². The van der Waals surface area contributed by atoms with E-state index in [1.165, 1.54) is 12.1 Å². The molecule has 0 aliphatic rings. The molecule has 28 heavy (non-hydrogen) atoms. The van der Waals surface area contributed by atoms with E-state index in [4.69, 9.17) is 9.15 Å². The standard InChI is InChI=1S/C19H21FN4O2S.HI/c1-13(26-16-6-3-5-14(20)9-16)10-22-19(21-2)23-11-15-12-25-18(24-15)17-7-4-8-27-17;/h3-9,12-13H,10-11H2,1-2H3,(H2,21,22,23);1H. The SMILES string of the molecule is CN=C(NCc1coc(-c2cccs2)n1)NCC(C)Oc1cccc(F)c1.I. The van der Waals surface area contributed by atoms with Crippen LogP contribution in [0.25, 0.3) is 10.8 Å². The van der Waals surface area contributed by atoms with Gasteiger partial charge in [0.1, 0.15) is 23.9 Å². The van der Waals surface area contributed by atoms with E-state index in [-0.39, 0.29) is 35.9 Å². The van der Waals surface area contributed by atoms with Crippen LogP contribution in [0.15, 0.2) is 57.5 Å². The number of ether oxygens (including phenoxy) is 1. The molecule has 9 heteroatoms. The van der Waals surface area contributed by atoms with Gasteiger partial charge in [0.25, 0.3) is 0 Å². The first-order valence-electron chi connectivity index (χ1n) is 8.49. The Morgan fingerprint density at radius 2 is 2.18 bits per heavy atom.